The fraction of sp³-hybridized carbons (Fsp3) is 0.923. The van der Waals surface area contributed by atoms with E-state index < -0.39 is 0 Å². The van der Waals surface area contributed by atoms with Crippen molar-refractivity contribution in [3.63, 3.8) is 0 Å². The van der Waals surface area contributed by atoms with Crippen molar-refractivity contribution in [3.8, 4) is 0 Å². The van der Waals surface area contributed by atoms with Gasteiger partial charge >= 0.3 is 0 Å². The van der Waals surface area contributed by atoms with E-state index in [1.165, 1.54) is 19.3 Å². The number of Topliss-reactive ketones (excluding diaryl/α,β-unsaturated/α-hetero) is 1. The standard InChI is InChI=1S/C13H23NO/c1-13(2,3)9-14-10-5-4-6-11(14)8-12(15)7-10/h10-11H,4-9H2,1-3H3. The number of hydrogen-bond donors (Lipinski definition) is 0. The molecule has 0 N–H and O–H groups in total. The summed E-state index contributed by atoms with van der Waals surface area (Å²) >= 11 is 0. The van der Waals surface area contributed by atoms with Crippen LogP contribution in [0.25, 0.3) is 0 Å². The Morgan fingerprint density at radius 3 is 2.20 bits per heavy atom. The highest BCUT2D eigenvalue weighted by Crippen LogP contribution is 2.34. The normalized spacial score (nSPS) is 33.1. The van der Waals surface area contributed by atoms with Crippen molar-refractivity contribution in [1.82, 2.24) is 4.90 Å². The van der Waals surface area contributed by atoms with Crippen LogP contribution in [0.15, 0.2) is 0 Å². The van der Waals surface area contributed by atoms with Crippen LogP contribution in [0.5, 0.6) is 0 Å². The van der Waals surface area contributed by atoms with Crippen molar-refractivity contribution in [2.75, 3.05) is 6.54 Å². The molecule has 2 aliphatic heterocycles. The number of carbonyl (C=O) groups is 1. The van der Waals surface area contributed by atoms with Gasteiger partial charge in [-0.3, -0.25) is 9.69 Å². The molecule has 0 saturated carbocycles. The Balaban J connectivity index is 2.07. The first kappa shape index (κ1) is 11.1. The SMILES string of the molecule is CC(C)(C)CN1C2CCCC1CC(=O)C2. The minimum atomic E-state index is 0.355. The van der Waals surface area contributed by atoms with Crippen LogP contribution in [0.1, 0.15) is 52.9 Å². The largest absolute Gasteiger partial charge is 0.300 e. The minimum absolute atomic E-state index is 0.355. The quantitative estimate of drug-likeness (QED) is 0.661. The van der Waals surface area contributed by atoms with Gasteiger partial charge in [0.1, 0.15) is 5.78 Å². The summed E-state index contributed by atoms with van der Waals surface area (Å²) in [6, 6.07) is 1.12. The minimum Gasteiger partial charge on any atom is -0.300 e. The number of carbonyl (C=O) groups excluding carboxylic acids is 1. The van der Waals surface area contributed by atoms with E-state index in [4.69, 9.17) is 0 Å². The lowest BCUT2D eigenvalue weighted by atomic mass is 9.81. The third-order valence-corrected chi connectivity index (χ3v) is 3.60. The molecule has 0 radical (unpaired) electrons. The Morgan fingerprint density at radius 1 is 1.20 bits per heavy atom. The maximum absolute atomic E-state index is 11.6. The third kappa shape index (κ3) is 2.60. The fourth-order valence-electron chi connectivity index (χ4n) is 3.07. The zero-order valence-electron chi connectivity index (χ0n) is 10.3. The Hall–Kier alpha value is -0.370. The number of ketones is 1. The zero-order valence-corrected chi connectivity index (χ0v) is 10.3. The fourth-order valence-corrected chi connectivity index (χ4v) is 3.07. The Labute approximate surface area is 93.0 Å². The number of nitrogens with zero attached hydrogens (tertiary/aromatic N) is 1. The van der Waals surface area contributed by atoms with Crippen LogP contribution >= 0.6 is 0 Å². The van der Waals surface area contributed by atoms with E-state index in [-0.39, 0.29) is 0 Å². The van der Waals surface area contributed by atoms with Gasteiger partial charge in [0.15, 0.2) is 0 Å². The molecule has 0 aromatic carbocycles. The van der Waals surface area contributed by atoms with Gasteiger partial charge in [-0.25, -0.2) is 0 Å². The van der Waals surface area contributed by atoms with Gasteiger partial charge in [0, 0.05) is 31.5 Å². The average molecular weight is 209 g/mol. The highest BCUT2D eigenvalue weighted by Gasteiger charge is 2.38. The molecule has 2 unspecified atom stereocenters. The molecule has 2 fully saturated rings. The van der Waals surface area contributed by atoms with Gasteiger partial charge in [0.2, 0.25) is 0 Å². The Kier molecular flexibility index (Phi) is 2.89. The second-order valence-electron chi connectivity index (χ2n) is 6.42. The van der Waals surface area contributed by atoms with E-state index in [0.29, 0.717) is 23.3 Å². The van der Waals surface area contributed by atoms with E-state index in [0.717, 1.165) is 19.4 Å². The molecule has 2 aliphatic rings. The smallest absolute Gasteiger partial charge is 0.136 e. The summed E-state index contributed by atoms with van der Waals surface area (Å²) in [5, 5.41) is 0. The van der Waals surface area contributed by atoms with Gasteiger partial charge in [0.05, 0.1) is 0 Å². The molecule has 15 heavy (non-hydrogen) atoms. The van der Waals surface area contributed by atoms with Gasteiger partial charge in [-0.15, -0.1) is 0 Å². The summed E-state index contributed by atoms with van der Waals surface area (Å²) in [7, 11) is 0. The van der Waals surface area contributed by atoms with Crippen LogP contribution in [0, 0.1) is 5.41 Å². The lowest BCUT2D eigenvalue weighted by molar-refractivity contribution is -0.128. The molecule has 2 rings (SSSR count). The molecule has 0 aromatic heterocycles. The monoisotopic (exact) mass is 209 g/mol. The molecule has 0 amide bonds. The molecule has 0 aromatic rings. The second kappa shape index (κ2) is 3.89. The lowest BCUT2D eigenvalue weighted by Gasteiger charge is -2.47. The Bertz CT molecular complexity index is 238. The molecule has 0 spiro atoms. The van der Waals surface area contributed by atoms with Crippen molar-refractivity contribution in [3.05, 3.63) is 0 Å². The summed E-state index contributed by atoms with van der Waals surface area (Å²) in [5.74, 6) is 0.495. The van der Waals surface area contributed by atoms with Gasteiger partial charge in [0.25, 0.3) is 0 Å². The number of rotatable bonds is 1. The molecule has 86 valence electrons. The second-order valence-corrected chi connectivity index (χ2v) is 6.42. The van der Waals surface area contributed by atoms with Crippen LogP contribution in [0.4, 0.5) is 0 Å². The molecule has 2 saturated heterocycles. The highest BCUT2D eigenvalue weighted by atomic mass is 16.1. The van der Waals surface area contributed by atoms with Gasteiger partial charge in [-0.1, -0.05) is 27.2 Å². The van der Waals surface area contributed by atoms with Crippen LogP contribution < -0.4 is 0 Å². The number of piperidine rings is 2. The molecular formula is C13H23NO. The van der Waals surface area contributed by atoms with E-state index in [1.54, 1.807) is 0 Å². The van der Waals surface area contributed by atoms with E-state index >= 15 is 0 Å². The molecule has 2 heterocycles. The molecule has 2 bridgehead atoms. The van der Waals surface area contributed by atoms with Crippen molar-refractivity contribution in [2.24, 2.45) is 5.41 Å². The molecular weight excluding hydrogens is 186 g/mol. The first-order chi connectivity index (χ1) is 6.96. The van der Waals surface area contributed by atoms with Crippen molar-refractivity contribution in [1.29, 1.82) is 0 Å². The molecule has 0 aliphatic carbocycles. The van der Waals surface area contributed by atoms with Crippen LogP contribution in [0.3, 0.4) is 0 Å². The third-order valence-electron chi connectivity index (χ3n) is 3.60. The summed E-state index contributed by atoms with van der Waals surface area (Å²) < 4.78 is 0. The Morgan fingerprint density at radius 2 is 1.73 bits per heavy atom. The van der Waals surface area contributed by atoms with Crippen LogP contribution in [-0.4, -0.2) is 29.3 Å². The van der Waals surface area contributed by atoms with Crippen LogP contribution in [-0.2, 0) is 4.79 Å². The summed E-state index contributed by atoms with van der Waals surface area (Å²) in [6.45, 7) is 8.02. The van der Waals surface area contributed by atoms with E-state index in [2.05, 4.69) is 25.7 Å². The average Bonchev–Trinajstić information content (AvgIpc) is 2.04. The maximum atomic E-state index is 11.6. The van der Waals surface area contributed by atoms with Gasteiger partial charge < -0.3 is 0 Å². The molecule has 2 atom stereocenters. The van der Waals surface area contributed by atoms with Crippen molar-refractivity contribution < 1.29 is 4.79 Å². The summed E-state index contributed by atoms with van der Waals surface area (Å²) in [5.41, 5.74) is 0.355. The topological polar surface area (TPSA) is 20.3 Å². The van der Waals surface area contributed by atoms with E-state index in [9.17, 15) is 4.79 Å². The maximum Gasteiger partial charge on any atom is 0.136 e. The van der Waals surface area contributed by atoms with Gasteiger partial charge in [-0.05, 0) is 18.3 Å². The van der Waals surface area contributed by atoms with E-state index in [1.807, 2.05) is 0 Å². The summed E-state index contributed by atoms with van der Waals surface area (Å²) in [6.07, 6.45) is 5.42. The molecule has 2 heteroatoms. The summed E-state index contributed by atoms with van der Waals surface area (Å²) in [4.78, 5) is 14.2. The van der Waals surface area contributed by atoms with Crippen LogP contribution in [0.2, 0.25) is 0 Å². The predicted octanol–water partition coefficient (Wildman–Crippen LogP) is 2.62. The first-order valence-electron chi connectivity index (χ1n) is 6.23. The zero-order chi connectivity index (χ0) is 11.1. The number of fused-ring (bicyclic) bond motifs is 2. The lowest BCUT2D eigenvalue weighted by Crippen LogP contribution is -2.54. The number of hydrogen-bond acceptors (Lipinski definition) is 2. The van der Waals surface area contributed by atoms with Crippen molar-refractivity contribution in [2.45, 2.75) is 65.0 Å². The predicted molar refractivity (Wildman–Crippen MR) is 61.8 cm³/mol. The first-order valence-corrected chi connectivity index (χ1v) is 6.23. The molecule has 2 nitrogen and oxygen atoms in total. The van der Waals surface area contributed by atoms with Gasteiger partial charge in [-0.2, -0.15) is 0 Å². The highest BCUT2D eigenvalue weighted by molar-refractivity contribution is 5.80. The van der Waals surface area contributed by atoms with Crippen molar-refractivity contribution >= 4 is 5.78 Å².